The van der Waals surface area contributed by atoms with Gasteiger partial charge >= 0.3 is 0 Å². The van der Waals surface area contributed by atoms with Gasteiger partial charge in [-0.05, 0) is 60.7 Å². The van der Waals surface area contributed by atoms with Crippen LogP contribution in [0.3, 0.4) is 0 Å². The highest BCUT2D eigenvalue weighted by atomic mass is 35.5. The maximum Gasteiger partial charge on any atom is 0.273 e. The second-order valence-corrected chi connectivity index (χ2v) is 7.17. The molecule has 3 aromatic carbocycles. The molecular weight excluding hydrogens is 441 g/mol. The number of hydrogen-bond donors (Lipinski definition) is 3. The zero-order valence-corrected chi connectivity index (χ0v) is 17.8. The molecule has 0 aromatic heterocycles. The highest BCUT2D eigenvalue weighted by Gasteiger charge is 2.15. The molecule has 31 heavy (non-hydrogen) atoms. The van der Waals surface area contributed by atoms with Crippen LogP contribution in [0, 0.1) is 0 Å². The summed E-state index contributed by atoms with van der Waals surface area (Å²) in [5, 5.41) is 3.57. The summed E-state index contributed by atoms with van der Waals surface area (Å²) in [4.78, 5) is 37.1. The van der Waals surface area contributed by atoms with Crippen LogP contribution in [0.2, 0.25) is 10.0 Å². The molecular formula is C22H17Cl2N3O4. The van der Waals surface area contributed by atoms with Gasteiger partial charge in [-0.15, -0.1) is 0 Å². The van der Waals surface area contributed by atoms with E-state index in [9.17, 15) is 14.4 Å². The van der Waals surface area contributed by atoms with Crippen molar-refractivity contribution in [1.29, 1.82) is 0 Å². The predicted octanol–water partition coefficient (Wildman–Crippen LogP) is 4.33. The number of hydrogen-bond acceptors (Lipinski definition) is 4. The maximum atomic E-state index is 12.4. The topological polar surface area (TPSA) is 96.5 Å². The van der Waals surface area contributed by atoms with E-state index >= 15 is 0 Å². The van der Waals surface area contributed by atoms with Gasteiger partial charge in [0, 0.05) is 26.9 Å². The smallest absolute Gasteiger partial charge is 0.273 e. The van der Waals surface area contributed by atoms with Crippen molar-refractivity contribution in [1.82, 2.24) is 10.9 Å². The Hall–Kier alpha value is -3.55. The van der Waals surface area contributed by atoms with Crippen molar-refractivity contribution in [2.45, 2.75) is 0 Å². The monoisotopic (exact) mass is 457 g/mol. The van der Waals surface area contributed by atoms with E-state index < -0.39 is 11.8 Å². The number of methoxy groups -OCH3 is 1. The van der Waals surface area contributed by atoms with Crippen molar-refractivity contribution in [3.05, 3.63) is 93.5 Å². The van der Waals surface area contributed by atoms with Crippen LogP contribution in [-0.2, 0) is 0 Å². The average molecular weight is 458 g/mol. The van der Waals surface area contributed by atoms with E-state index in [0.717, 1.165) is 0 Å². The Bertz CT molecular complexity index is 1130. The van der Waals surface area contributed by atoms with Crippen molar-refractivity contribution in [3.8, 4) is 5.75 Å². The Morgan fingerprint density at radius 1 is 0.742 bits per heavy atom. The minimum absolute atomic E-state index is 0.166. The molecule has 0 bridgehead atoms. The molecule has 0 aliphatic rings. The first kappa shape index (κ1) is 22.1. The van der Waals surface area contributed by atoms with Crippen molar-refractivity contribution in [2.75, 3.05) is 12.4 Å². The lowest BCUT2D eigenvalue weighted by Crippen LogP contribution is -2.41. The summed E-state index contributed by atoms with van der Waals surface area (Å²) < 4.78 is 5.13. The fraction of sp³-hybridized carbons (Fsp3) is 0.0455. The Balaban J connectivity index is 1.65. The SMILES string of the molecule is COc1ccc(Cl)cc1C(=O)NNC(=O)c1cccc(NC(=O)c2ccc(Cl)cc2)c1. The summed E-state index contributed by atoms with van der Waals surface area (Å²) in [5.74, 6) is -1.21. The van der Waals surface area contributed by atoms with Gasteiger partial charge in [-0.1, -0.05) is 29.3 Å². The summed E-state index contributed by atoms with van der Waals surface area (Å²) in [5.41, 5.74) is 5.86. The highest BCUT2D eigenvalue weighted by Crippen LogP contribution is 2.22. The number of hydrazine groups is 1. The largest absolute Gasteiger partial charge is 0.496 e. The summed E-state index contributed by atoms with van der Waals surface area (Å²) in [6.45, 7) is 0. The van der Waals surface area contributed by atoms with Gasteiger partial charge in [0.15, 0.2) is 0 Å². The standard InChI is InChI=1S/C22H17Cl2N3O4/c1-31-19-10-9-16(24)12-18(19)22(30)27-26-21(29)14-3-2-4-17(11-14)25-20(28)13-5-7-15(23)8-6-13/h2-12H,1H3,(H,25,28)(H,26,29)(H,27,30). The Morgan fingerprint density at radius 2 is 1.42 bits per heavy atom. The van der Waals surface area contributed by atoms with Crippen LogP contribution in [0.5, 0.6) is 5.75 Å². The van der Waals surface area contributed by atoms with Gasteiger partial charge in [-0.2, -0.15) is 0 Å². The van der Waals surface area contributed by atoms with Crippen LogP contribution in [0.4, 0.5) is 5.69 Å². The number of amides is 3. The molecule has 0 saturated heterocycles. The van der Waals surface area contributed by atoms with Crippen molar-refractivity contribution in [3.63, 3.8) is 0 Å². The van der Waals surface area contributed by atoms with Gasteiger partial charge in [0.25, 0.3) is 17.7 Å². The molecule has 0 aliphatic carbocycles. The molecule has 0 saturated carbocycles. The first-order valence-corrected chi connectivity index (χ1v) is 9.74. The van der Waals surface area contributed by atoms with Crippen LogP contribution in [0.15, 0.2) is 66.7 Å². The molecule has 0 spiro atoms. The molecule has 0 atom stereocenters. The molecule has 0 aliphatic heterocycles. The zero-order valence-electron chi connectivity index (χ0n) is 16.2. The zero-order chi connectivity index (χ0) is 22.4. The Labute approximate surface area is 188 Å². The van der Waals surface area contributed by atoms with Gasteiger partial charge in [-0.25, -0.2) is 0 Å². The van der Waals surface area contributed by atoms with Crippen LogP contribution >= 0.6 is 23.2 Å². The second-order valence-electron chi connectivity index (χ2n) is 6.29. The average Bonchev–Trinajstić information content (AvgIpc) is 2.77. The van der Waals surface area contributed by atoms with Gasteiger partial charge in [0.2, 0.25) is 0 Å². The van der Waals surface area contributed by atoms with Gasteiger partial charge in [0.05, 0.1) is 12.7 Å². The van der Waals surface area contributed by atoms with E-state index in [1.807, 2.05) is 0 Å². The quantitative estimate of drug-likeness (QED) is 0.496. The van der Waals surface area contributed by atoms with Gasteiger partial charge < -0.3 is 10.1 Å². The number of ether oxygens (including phenoxy) is 1. The first-order chi connectivity index (χ1) is 14.9. The molecule has 0 unspecified atom stereocenters. The summed E-state index contributed by atoms with van der Waals surface area (Å²) in [6.07, 6.45) is 0. The molecule has 3 amide bonds. The van der Waals surface area contributed by atoms with E-state index in [4.69, 9.17) is 27.9 Å². The number of carbonyl (C=O) groups excluding carboxylic acids is 3. The van der Waals surface area contributed by atoms with E-state index in [-0.39, 0.29) is 17.0 Å². The molecule has 7 nitrogen and oxygen atoms in total. The fourth-order valence-corrected chi connectivity index (χ4v) is 2.95. The molecule has 0 fully saturated rings. The lowest BCUT2D eigenvalue weighted by Gasteiger charge is -2.11. The van der Waals surface area contributed by atoms with Crippen LogP contribution in [0.1, 0.15) is 31.1 Å². The third kappa shape index (κ3) is 5.75. The third-order valence-corrected chi connectivity index (χ3v) is 4.67. The van der Waals surface area contributed by atoms with Crippen molar-refractivity contribution in [2.24, 2.45) is 0 Å². The van der Waals surface area contributed by atoms with E-state index in [1.54, 1.807) is 54.6 Å². The molecule has 9 heteroatoms. The minimum atomic E-state index is -0.597. The van der Waals surface area contributed by atoms with E-state index in [2.05, 4.69) is 16.2 Å². The Morgan fingerprint density at radius 3 is 2.13 bits per heavy atom. The number of carbonyl (C=O) groups is 3. The number of rotatable bonds is 5. The van der Waals surface area contributed by atoms with Crippen molar-refractivity contribution < 1.29 is 19.1 Å². The maximum absolute atomic E-state index is 12.4. The van der Waals surface area contributed by atoms with Crippen LogP contribution in [-0.4, -0.2) is 24.8 Å². The summed E-state index contributed by atoms with van der Waals surface area (Å²) in [7, 11) is 1.42. The van der Waals surface area contributed by atoms with Crippen molar-refractivity contribution >= 4 is 46.6 Å². The highest BCUT2D eigenvalue weighted by molar-refractivity contribution is 6.31. The predicted molar refractivity (Wildman–Crippen MR) is 119 cm³/mol. The molecule has 3 aromatic rings. The lowest BCUT2D eigenvalue weighted by atomic mass is 10.1. The first-order valence-electron chi connectivity index (χ1n) is 8.98. The van der Waals surface area contributed by atoms with Crippen LogP contribution < -0.4 is 20.9 Å². The summed E-state index contributed by atoms with van der Waals surface area (Å²) in [6, 6.07) is 17.2. The fourth-order valence-electron chi connectivity index (χ4n) is 2.65. The number of halogens is 2. The normalized spacial score (nSPS) is 10.2. The Kier molecular flexibility index (Phi) is 7.12. The summed E-state index contributed by atoms with van der Waals surface area (Å²) >= 11 is 11.8. The molecule has 0 radical (unpaired) electrons. The van der Waals surface area contributed by atoms with Gasteiger partial charge in [0.1, 0.15) is 5.75 Å². The second kappa shape index (κ2) is 9.97. The number of nitrogens with one attached hydrogen (secondary N) is 3. The molecule has 3 rings (SSSR count). The van der Waals surface area contributed by atoms with Gasteiger partial charge in [-0.3, -0.25) is 25.2 Å². The number of anilines is 1. The lowest BCUT2D eigenvalue weighted by molar-refractivity contribution is 0.0845. The van der Waals surface area contributed by atoms with E-state index in [0.29, 0.717) is 27.0 Å². The minimum Gasteiger partial charge on any atom is -0.496 e. The molecule has 0 heterocycles. The third-order valence-electron chi connectivity index (χ3n) is 4.18. The van der Waals surface area contributed by atoms with Crippen LogP contribution in [0.25, 0.3) is 0 Å². The molecule has 3 N–H and O–H groups in total. The molecule has 158 valence electrons. The number of benzene rings is 3. The van der Waals surface area contributed by atoms with E-state index in [1.165, 1.54) is 19.2 Å².